The van der Waals surface area contributed by atoms with Crippen molar-refractivity contribution in [3.8, 4) is 0 Å². The van der Waals surface area contributed by atoms with Crippen LogP contribution in [0.15, 0.2) is 59.6 Å². The molecule has 2 aromatic rings. The highest BCUT2D eigenvalue weighted by Gasteiger charge is 2.30. The summed E-state index contributed by atoms with van der Waals surface area (Å²) in [6, 6.07) is 14.9. The fourth-order valence-corrected chi connectivity index (χ4v) is 2.58. The Balaban J connectivity index is 1.83. The molecular weight excluding hydrogens is 381 g/mol. The fourth-order valence-electron chi connectivity index (χ4n) is 2.58. The van der Waals surface area contributed by atoms with Gasteiger partial charge < -0.3 is 16.0 Å². The Hall–Kier alpha value is -3.03. The second-order valence-electron chi connectivity index (χ2n) is 6.33. The van der Waals surface area contributed by atoms with E-state index in [0.717, 1.165) is 24.1 Å². The number of hydrogen-bond donors (Lipinski definition) is 3. The molecule has 2 rings (SSSR count). The summed E-state index contributed by atoms with van der Waals surface area (Å²) in [5, 5.41) is 8.68. The van der Waals surface area contributed by atoms with Crippen LogP contribution < -0.4 is 16.0 Å². The van der Waals surface area contributed by atoms with Gasteiger partial charge in [0.05, 0.1) is 18.7 Å². The van der Waals surface area contributed by atoms with Crippen molar-refractivity contribution in [2.75, 3.05) is 19.6 Å². The van der Waals surface area contributed by atoms with Crippen LogP contribution >= 0.6 is 0 Å². The van der Waals surface area contributed by atoms with Crippen LogP contribution in [0.1, 0.15) is 23.6 Å². The minimum Gasteiger partial charge on any atom is -0.357 e. The molecule has 1 amide bonds. The number of rotatable bonds is 8. The lowest BCUT2D eigenvalue weighted by Gasteiger charge is -2.12. The minimum atomic E-state index is -4.39. The van der Waals surface area contributed by atoms with Crippen LogP contribution in [0.5, 0.6) is 0 Å². The van der Waals surface area contributed by atoms with Crippen molar-refractivity contribution < 1.29 is 18.0 Å². The minimum absolute atomic E-state index is 0.0171. The molecule has 8 heteroatoms. The molecule has 0 aliphatic rings. The van der Waals surface area contributed by atoms with E-state index in [1.54, 1.807) is 6.07 Å². The number of guanidine groups is 1. The standard InChI is InChI=1S/C21H25F3N4O/c1-2-25-20(27-14-17-9-6-10-18(13-17)21(22,23)24)28-15-19(29)26-12-11-16-7-4-3-5-8-16/h3-10,13H,2,11-12,14-15H2,1H3,(H,26,29)(H2,25,27,28). The van der Waals surface area contributed by atoms with Crippen molar-refractivity contribution >= 4 is 11.9 Å². The summed E-state index contributed by atoms with van der Waals surface area (Å²) in [7, 11) is 0. The highest BCUT2D eigenvalue weighted by molar-refractivity contribution is 5.86. The summed E-state index contributed by atoms with van der Waals surface area (Å²) < 4.78 is 38.4. The molecule has 29 heavy (non-hydrogen) atoms. The number of aliphatic imine (C=N–C) groups is 1. The lowest BCUT2D eigenvalue weighted by Crippen LogP contribution is -2.43. The molecule has 0 fully saturated rings. The molecule has 0 unspecified atom stereocenters. The number of nitrogens with one attached hydrogen (secondary N) is 3. The van der Waals surface area contributed by atoms with Gasteiger partial charge in [-0.15, -0.1) is 0 Å². The first-order valence-electron chi connectivity index (χ1n) is 9.37. The molecule has 3 N–H and O–H groups in total. The zero-order valence-corrected chi connectivity index (χ0v) is 16.2. The van der Waals surface area contributed by atoms with E-state index in [2.05, 4.69) is 20.9 Å². The number of nitrogens with zero attached hydrogens (tertiary/aromatic N) is 1. The van der Waals surface area contributed by atoms with Crippen molar-refractivity contribution in [1.82, 2.24) is 16.0 Å². The molecule has 0 radical (unpaired) electrons. The van der Waals surface area contributed by atoms with E-state index in [4.69, 9.17) is 0 Å². The molecule has 5 nitrogen and oxygen atoms in total. The van der Waals surface area contributed by atoms with Crippen LogP contribution in [-0.4, -0.2) is 31.5 Å². The van der Waals surface area contributed by atoms with Crippen molar-refractivity contribution in [2.45, 2.75) is 26.1 Å². The molecule has 0 saturated heterocycles. The van der Waals surface area contributed by atoms with Gasteiger partial charge in [-0.05, 0) is 36.6 Å². The van der Waals surface area contributed by atoms with Gasteiger partial charge in [0.25, 0.3) is 0 Å². The Bertz CT molecular complexity index is 807. The average molecular weight is 406 g/mol. The van der Waals surface area contributed by atoms with Gasteiger partial charge in [0.2, 0.25) is 5.91 Å². The number of carbonyl (C=O) groups is 1. The Morgan fingerprint density at radius 2 is 1.69 bits per heavy atom. The summed E-state index contributed by atoms with van der Waals surface area (Å²) >= 11 is 0. The van der Waals surface area contributed by atoms with E-state index in [9.17, 15) is 18.0 Å². The number of hydrogen-bond acceptors (Lipinski definition) is 2. The van der Waals surface area contributed by atoms with Crippen molar-refractivity contribution in [1.29, 1.82) is 0 Å². The van der Waals surface area contributed by atoms with Crippen LogP contribution in [0, 0.1) is 0 Å². The number of alkyl halides is 3. The molecule has 0 aromatic heterocycles. The van der Waals surface area contributed by atoms with E-state index in [1.165, 1.54) is 6.07 Å². The van der Waals surface area contributed by atoms with Gasteiger partial charge in [0.1, 0.15) is 0 Å². The van der Waals surface area contributed by atoms with Gasteiger partial charge in [-0.25, -0.2) is 4.99 Å². The molecule has 0 aliphatic carbocycles. The zero-order valence-electron chi connectivity index (χ0n) is 16.2. The highest BCUT2D eigenvalue weighted by atomic mass is 19.4. The van der Waals surface area contributed by atoms with Gasteiger partial charge >= 0.3 is 6.18 Å². The molecule has 0 spiro atoms. The maximum atomic E-state index is 12.8. The Labute approximate surface area is 168 Å². The topological polar surface area (TPSA) is 65.5 Å². The SMILES string of the molecule is CCNC(=NCc1cccc(C(F)(F)F)c1)NCC(=O)NCCc1ccccc1. The first kappa shape index (κ1) is 22.3. The Kier molecular flexibility index (Phi) is 8.51. The first-order valence-corrected chi connectivity index (χ1v) is 9.37. The predicted molar refractivity (Wildman–Crippen MR) is 107 cm³/mol. The van der Waals surface area contributed by atoms with Crippen LogP contribution in [0.3, 0.4) is 0 Å². The van der Waals surface area contributed by atoms with Gasteiger partial charge in [-0.2, -0.15) is 13.2 Å². The lowest BCUT2D eigenvalue weighted by atomic mass is 10.1. The predicted octanol–water partition coefficient (Wildman–Crippen LogP) is 3.12. The molecular formula is C21H25F3N4O. The summed E-state index contributed by atoms with van der Waals surface area (Å²) in [4.78, 5) is 16.2. The van der Waals surface area contributed by atoms with E-state index >= 15 is 0 Å². The summed E-state index contributed by atoms with van der Waals surface area (Å²) in [6.07, 6.45) is -3.66. The molecule has 0 bridgehead atoms. The first-order chi connectivity index (χ1) is 13.9. The summed E-state index contributed by atoms with van der Waals surface area (Å²) in [6.45, 7) is 3.02. The van der Waals surface area contributed by atoms with Gasteiger partial charge in [0.15, 0.2) is 5.96 Å². The van der Waals surface area contributed by atoms with E-state index in [0.29, 0.717) is 24.6 Å². The molecule has 0 aliphatic heterocycles. The maximum absolute atomic E-state index is 12.8. The molecule has 0 heterocycles. The number of benzene rings is 2. The third-order valence-corrected chi connectivity index (χ3v) is 4.01. The Morgan fingerprint density at radius 1 is 0.966 bits per heavy atom. The molecule has 2 aromatic carbocycles. The largest absolute Gasteiger partial charge is 0.416 e. The molecule has 156 valence electrons. The normalized spacial score (nSPS) is 11.8. The number of halogens is 3. The smallest absolute Gasteiger partial charge is 0.357 e. The summed E-state index contributed by atoms with van der Waals surface area (Å²) in [5.74, 6) is 0.175. The third kappa shape index (κ3) is 8.25. The lowest BCUT2D eigenvalue weighted by molar-refractivity contribution is -0.137. The molecule has 0 atom stereocenters. The highest BCUT2D eigenvalue weighted by Crippen LogP contribution is 2.29. The van der Waals surface area contributed by atoms with Crippen LogP contribution in [-0.2, 0) is 23.9 Å². The monoisotopic (exact) mass is 406 g/mol. The second-order valence-corrected chi connectivity index (χ2v) is 6.33. The van der Waals surface area contributed by atoms with E-state index < -0.39 is 11.7 Å². The van der Waals surface area contributed by atoms with Crippen molar-refractivity contribution in [2.24, 2.45) is 4.99 Å². The Morgan fingerprint density at radius 3 is 2.38 bits per heavy atom. The third-order valence-electron chi connectivity index (χ3n) is 4.01. The van der Waals surface area contributed by atoms with Gasteiger partial charge in [-0.3, -0.25) is 4.79 Å². The van der Waals surface area contributed by atoms with Gasteiger partial charge in [0, 0.05) is 13.1 Å². The number of amides is 1. The zero-order chi connectivity index (χ0) is 21.1. The van der Waals surface area contributed by atoms with Crippen LogP contribution in [0.2, 0.25) is 0 Å². The number of carbonyl (C=O) groups excluding carboxylic acids is 1. The maximum Gasteiger partial charge on any atom is 0.416 e. The van der Waals surface area contributed by atoms with Crippen molar-refractivity contribution in [3.05, 3.63) is 71.3 Å². The quantitative estimate of drug-likeness (QED) is 0.466. The van der Waals surface area contributed by atoms with E-state index in [-0.39, 0.29) is 19.0 Å². The fraction of sp³-hybridized carbons (Fsp3) is 0.333. The van der Waals surface area contributed by atoms with E-state index in [1.807, 2.05) is 37.3 Å². The molecule has 0 saturated carbocycles. The van der Waals surface area contributed by atoms with Crippen LogP contribution in [0.4, 0.5) is 13.2 Å². The van der Waals surface area contributed by atoms with Crippen molar-refractivity contribution in [3.63, 3.8) is 0 Å². The van der Waals surface area contributed by atoms with Crippen LogP contribution in [0.25, 0.3) is 0 Å². The summed E-state index contributed by atoms with van der Waals surface area (Å²) in [5.41, 5.74) is 0.863. The van der Waals surface area contributed by atoms with Gasteiger partial charge in [-0.1, -0.05) is 42.5 Å². The second kappa shape index (κ2) is 11.1. The average Bonchev–Trinajstić information content (AvgIpc) is 2.70.